The first-order chi connectivity index (χ1) is 9.96. The normalized spacial score (nSPS) is 15.4. The van der Waals surface area contributed by atoms with Gasteiger partial charge in [0.2, 0.25) is 0 Å². The summed E-state index contributed by atoms with van der Waals surface area (Å²) in [4.78, 5) is 14.1. The van der Waals surface area contributed by atoms with E-state index in [1.54, 1.807) is 11.8 Å². The molecule has 0 N–H and O–H groups in total. The minimum Gasteiger partial charge on any atom is -0.339 e. The van der Waals surface area contributed by atoms with Crippen molar-refractivity contribution in [2.45, 2.75) is 18.6 Å². The minimum absolute atomic E-state index is 0.115. The lowest BCUT2D eigenvalue weighted by Gasteiger charge is -2.15. The fourth-order valence-corrected chi connectivity index (χ4v) is 4.50. The molecule has 6 heteroatoms. The Morgan fingerprint density at radius 1 is 1.19 bits per heavy atom. The van der Waals surface area contributed by atoms with Crippen LogP contribution >= 0.6 is 11.8 Å². The van der Waals surface area contributed by atoms with E-state index < -0.39 is 9.84 Å². The van der Waals surface area contributed by atoms with Crippen molar-refractivity contribution in [3.8, 4) is 0 Å². The van der Waals surface area contributed by atoms with E-state index in [1.807, 2.05) is 29.2 Å². The summed E-state index contributed by atoms with van der Waals surface area (Å²) in [6.07, 6.45) is 3.45. The van der Waals surface area contributed by atoms with Crippen LogP contribution in [0.25, 0.3) is 0 Å². The maximum absolute atomic E-state index is 12.2. The number of carbonyl (C=O) groups is 1. The maximum Gasteiger partial charge on any atom is 0.253 e. The summed E-state index contributed by atoms with van der Waals surface area (Å²) in [5, 5.41) is 0. The summed E-state index contributed by atoms with van der Waals surface area (Å²) in [7, 11) is -2.88. The van der Waals surface area contributed by atoms with Crippen LogP contribution in [0.5, 0.6) is 0 Å². The number of nitrogens with zero attached hydrogens (tertiary/aromatic N) is 1. The lowest BCUT2D eigenvalue weighted by molar-refractivity contribution is 0.0793. The van der Waals surface area contributed by atoms with Crippen LogP contribution in [0.3, 0.4) is 0 Å². The van der Waals surface area contributed by atoms with Crippen LogP contribution < -0.4 is 0 Å². The number of benzene rings is 1. The molecule has 1 aromatic carbocycles. The molecule has 1 aliphatic rings. The molecule has 1 aliphatic heterocycles. The van der Waals surface area contributed by atoms with E-state index in [9.17, 15) is 13.2 Å². The van der Waals surface area contributed by atoms with Crippen LogP contribution in [0.2, 0.25) is 0 Å². The molecule has 4 nitrogen and oxygen atoms in total. The molecule has 0 spiro atoms. The molecule has 1 heterocycles. The highest BCUT2D eigenvalue weighted by Crippen LogP contribution is 2.16. The number of amides is 1. The molecular weight excluding hydrogens is 306 g/mol. The molecule has 21 heavy (non-hydrogen) atoms. The minimum atomic E-state index is -2.88. The average Bonchev–Trinajstić information content (AvgIpc) is 2.96. The van der Waals surface area contributed by atoms with Crippen LogP contribution in [0, 0.1) is 0 Å². The monoisotopic (exact) mass is 327 g/mol. The number of sulfone groups is 1. The van der Waals surface area contributed by atoms with E-state index in [0.717, 1.165) is 42.8 Å². The average molecular weight is 327 g/mol. The number of hydrogen-bond donors (Lipinski definition) is 0. The first-order valence-corrected chi connectivity index (χ1v) is 10.3. The van der Waals surface area contributed by atoms with Gasteiger partial charge < -0.3 is 4.90 Å². The van der Waals surface area contributed by atoms with Crippen molar-refractivity contribution in [1.29, 1.82) is 0 Å². The van der Waals surface area contributed by atoms with Crippen molar-refractivity contribution in [2.75, 3.05) is 30.9 Å². The van der Waals surface area contributed by atoms with Crippen molar-refractivity contribution >= 4 is 27.5 Å². The van der Waals surface area contributed by atoms with Gasteiger partial charge in [-0.3, -0.25) is 4.79 Å². The van der Waals surface area contributed by atoms with Gasteiger partial charge in [-0.1, -0.05) is 12.1 Å². The lowest BCUT2D eigenvalue weighted by Crippen LogP contribution is -2.27. The van der Waals surface area contributed by atoms with Gasteiger partial charge in [-0.2, -0.15) is 11.8 Å². The fraction of sp³-hybridized carbons (Fsp3) is 0.533. The Balaban J connectivity index is 1.83. The van der Waals surface area contributed by atoms with Crippen molar-refractivity contribution in [3.05, 3.63) is 35.4 Å². The molecule has 0 aromatic heterocycles. The zero-order chi connectivity index (χ0) is 15.3. The zero-order valence-electron chi connectivity index (χ0n) is 12.2. The number of thioether (sulfide) groups is 1. The van der Waals surface area contributed by atoms with E-state index in [4.69, 9.17) is 0 Å². The first-order valence-electron chi connectivity index (χ1n) is 7.09. The van der Waals surface area contributed by atoms with E-state index in [2.05, 4.69) is 0 Å². The highest BCUT2D eigenvalue weighted by atomic mass is 32.2. The van der Waals surface area contributed by atoms with Crippen LogP contribution in [0.15, 0.2) is 24.3 Å². The summed E-state index contributed by atoms with van der Waals surface area (Å²) in [6, 6.07) is 7.65. The quantitative estimate of drug-likeness (QED) is 0.752. The third kappa shape index (κ3) is 5.36. The molecule has 1 saturated heterocycles. The van der Waals surface area contributed by atoms with Gasteiger partial charge in [0.15, 0.2) is 0 Å². The Bertz CT molecular complexity index is 575. The van der Waals surface area contributed by atoms with Gasteiger partial charge in [0.1, 0.15) is 9.84 Å². The van der Waals surface area contributed by atoms with E-state index >= 15 is 0 Å². The van der Waals surface area contributed by atoms with Gasteiger partial charge in [-0.05, 0) is 30.5 Å². The van der Waals surface area contributed by atoms with Gasteiger partial charge in [-0.25, -0.2) is 8.42 Å². The molecule has 1 aromatic rings. The smallest absolute Gasteiger partial charge is 0.253 e. The molecule has 2 rings (SSSR count). The maximum atomic E-state index is 12.2. The summed E-state index contributed by atoms with van der Waals surface area (Å²) in [5.41, 5.74) is 1.85. The standard InChI is InChI=1S/C15H21NO3S2/c1-21(18,19)11-10-20-12-13-4-6-14(7-5-13)15(17)16-8-2-3-9-16/h4-7H,2-3,8-12H2,1H3. The molecule has 116 valence electrons. The van der Waals surface area contributed by atoms with Crippen molar-refractivity contribution < 1.29 is 13.2 Å². The molecule has 0 unspecified atom stereocenters. The molecule has 0 saturated carbocycles. The molecule has 0 aliphatic carbocycles. The first kappa shape index (κ1) is 16.4. The Hall–Kier alpha value is -1.01. The van der Waals surface area contributed by atoms with Crippen LogP contribution in [0.1, 0.15) is 28.8 Å². The second-order valence-corrected chi connectivity index (χ2v) is 8.74. The Labute approximate surface area is 130 Å². The van der Waals surface area contributed by atoms with Crippen LogP contribution in [0.4, 0.5) is 0 Å². The van der Waals surface area contributed by atoms with E-state index in [1.165, 1.54) is 6.26 Å². The summed E-state index contributed by atoms with van der Waals surface area (Å²) < 4.78 is 22.1. The van der Waals surface area contributed by atoms with Gasteiger partial charge in [0.25, 0.3) is 5.91 Å². The topological polar surface area (TPSA) is 54.5 Å². The Morgan fingerprint density at radius 3 is 2.38 bits per heavy atom. The zero-order valence-corrected chi connectivity index (χ0v) is 13.9. The summed E-state index contributed by atoms with van der Waals surface area (Å²) >= 11 is 1.60. The van der Waals surface area contributed by atoms with Crippen LogP contribution in [-0.2, 0) is 15.6 Å². The summed E-state index contributed by atoms with van der Waals surface area (Å²) in [5.74, 6) is 1.70. The Morgan fingerprint density at radius 2 is 1.81 bits per heavy atom. The molecular formula is C15H21NO3S2. The number of rotatable bonds is 6. The second kappa shape index (κ2) is 7.31. The van der Waals surface area contributed by atoms with Crippen molar-refractivity contribution in [3.63, 3.8) is 0 Å². The van der Waals surface area contributed by atoms with Gasteiger partial charge in [-0.15, -0.1) is 0 Å². The molecule has 1 fully saturated rings. The highest BCUT2D eigenvalue weighted by molar-refractivity contribution is 7.99. The van der Waals surface area contributed by atoms with Gasteiger partial charge >= 0.3 is 0 Å². The second-order valence-electron chi connectivity index (χ2n) is 5.38. The predicted molar refractivity (Wildman–Crippen MR) is 87.5 cm³/mol. The molecule has 0 radical (unpaired) electrons. The third-order valence-corrected chi connectivity index (χ3v) is 5.70. The van der Waals surface area contributed by atoms with E-state index in [-0.39, 0.29) is 11.7 Å². The third-order valence-electron chi connectivity index (χ3n) is 3.46. The largest absolute Gasteiger partial charge is 0.339 e. The fourth-order valence-electron chi connectivity index (χ4n) is 2.25. The van der Waals surface area contributed by atoms with Crippen molar-refractivity contribution in [1.82, 2.24) is 4.90 Å². The number of likely N-dealkylation sites (tertiary alicyclic amines) is 1. The predicted octanol–water partition coefficient (Wildman–Crippen LogP) is 2.20. The molecule has 0 bridgehead atoms. The van der Waals surface area contributed by atoms with E-state index in [0.29, 0.717) is 5.75 Å². The van der Waals surface area contributed by atoms with Crippen molar-refractivity contribution in [2.24, 2.45) is 0 Å². The summed E-state index contributed by atoms with van der Waals surface area (Å²) in [6.45, 7) is 1.73. The number of carbonyl (C=O) groups excluding carboxylic acids is 1. The number of hydrogen-bond acceptors (Lipinski definition) is 4. The SMILES string of the molecule is CS(=O)(=O)CCSCc1ccc(C(=O)N2CCCC2)cc1. The highest BCUT2D eigenvalue weighted by Gasteiger charge is 2.19. The lowest BCUT2D eigenvalue weighted by atomic mass is 10.1. The van der Waals surface area contributed by atoms with Crippen LogP contribution in [-0.4, -0.2) is 50.1 Å². The Kier molecular flexibility index (Phi) is 5.70. The van der Waals surface area contributed by atoms with Gasteiger partial charge in [0, 0.05) is 36.4 Å². The van der Waals surface area contributed by atoms with Gasteiger partial charge in [0.05, 0.1) is 5.75 Å². The molecule has 0 atom stereocenters. The molecule has 1 amide bonds.